The molecule has 224 valence electrons. The maximum atomic E-state index is 13.8. The van der Waals surface area contributed by atoms with E-state index in [0.29, 0.717) is 35.8 Å². The van der Waals surface area contributed by atoms with Crippen LogP contribution in [0.1, 0.15) is 31.4 Å². The van der Waals surface area contributed by atoms with E-state index in [2.05, 4.69) is 15.3 Å². The predicted molar refractivity (Wildman–Crippen MR) is 163 cm³/mol. The maximum Gasteiger partial charge on any atom is 0.345 e. The van der Waals surface area contributed by atoms with Gasteiger partial charge in [-0.15, -0.1) is 0 Å². The molecule has 10 nitrogen and oxygen atoms in total. The third-order valence-corrected chi connectivity index (χ3v) is 8.21. The van der Waals surface area contributed by atoms with Crippen LogP contribution >= 0.6 is 0 Å². The molecule has 1 saturated carbocycles. The molecule has 0 radical (unpaired) electrons. The molecular formula is C33H30FN5O5. The largest absolute Gasteiger partial charge is 0.487 e. The molecule has 8 rings (SSSR count). The monoisotopic (exact) mass is 595 g/mol. The zero-order chi connectivity index (χ0) is 30.0. The molecule has 0 saturated heterocycles. The first-order valence-electron chi connectivity index (χ1n) is 14.6. The van der Waals surface area contributed by atoms with E-state index in [1.807, 2.05) is 53.2 Å². The van der Waals surface area contributed by atoms with Crippen LogP contribution < -0.4 is 25.3 Å². The number of aromatic nitrogens is 3. The molecule has 4 aromatic heterocycles. The number of amides is 1. The van der Waals surface area contributed by atoms with E-state index in [9.17, 15) is 14.0 Å². The van der Waals surface area contributed by atoms with Gasteiger partial charge in [0.1, 0.15) is 35.1 Å². The number of benzene rings is 1. The first-order chi connectivity index (χ1) is 21.5. The molecule has 0 spiro atoms. The molecule has 1 N–H and O–H groups in total. The number of carbonyl (C=O) groups is 1. The lowest BCUT2D eigenvalue weighted by atomic mass is 9.89. The summed E-state index contributed by atoms with van der Waals surface area (Å²) >= 11 is 0. The number of nitrogens with zero attached hydrogens (tertiary/aromatic N) is 4. The van der Waals surface area contributed by atoms with Gasteiger partial charge >= 0.3 is 5.63 Å². The van der Waals surface area contributed by atoms with Crippen molar-refractivity contribution in [2.45, 2.75) is 44.4 Å². The number of carbonyl (C=O) groups excluding carboxylic acids is 1. The second-order valence-corrected chi connectivity index (χ2v) is 10.9. The van der Waals surface area contributed by atoms with Crippen LogP contribution in [0.5, 0.6) is 11.6 Å². The Morgan fingerprint density at radius 3 is 2.70 bits per heavy atom. The smallest absolute Gasteiger partial charge is 0.345 e. The molecule has 0 unspecified atom stereocenters. The Morgan fingerprint density at radius 2 is 1.84 bits per heavy atom. The van der Waals surface area contributed by atoms with Crippen molar-refractivity contribution in [3.8, 4) is 11.6 Å². The normalized spacial score (nSPS) is 19.0. The highest BCUT2D eigenvalue weighted by Crippen LogP contribution is 2.36. The number of hydrogen-bond donors (Lipinski definition) is 1. The average Bonchev–Trinajstić information content (AvgIpc) is 3.50. The van der Waals surface area contributed by atoms with Crippen molar-refractivity contribution < 1.29 is 23.1 Å². The van der Waals surface area contributed by atoms with Crippen LogP contribution in [0.4, 0.5) is 10.1 Å². The number of rotatable bonds is 4. The molecule has 0 atom stereocenters. The Balaban J connectivity index is 0.000000264. The van der Waals surface area contributed by atoms with Crippen molar-refractivity contribution in [1.29, 1.82) is 0 Å². The number of ether oxygens (including phenoxy) is 2. The number of para-hydroxylation sites is 1. The molecule has 44 heavy (non-hydrogen) atoms. The van der Waals surface area contributed by atoms with Crippen LogP contribution in [0.3, 0.4) is 0 Å². The summed E-state index contributed by atoms with van der Waals surface area (Å²) in [5.74, 6) is 0.529. The second kappa shape index (κ2) is 11.9. The van der Waals surface area contributed by atoms with Crippen molar-refractivity contribution in [1.82, 2.24) is 19.9 Å². The van der Waals surface area contributed by atoms with Crippen LogP contribution in [0.2, 0.25) is 0 Å². The highest BCUT2D eigenvalue weighted by atomic mass is 19.1. The minimum Gasteiger partial charge on any atom is -0.487 e. The zero-order valence-corrected chi connectivity index (χ0v) is 23.8. The fourth-order valence-corrected chi connectivity index (χ4v) is 6.12. The third kappa shape index (κ3) is 5.42. The van der Waals surface area contributed by atoms with Crippen LogP contribution in [-0.4, -0.2) is 45.7 Å². The first-order valence-corrected chi connectivity index (χ1v) is 14.6. The van der Waals surface area contributed by atoms with Crippen molar-refractivity contribution in [2.24, 2.45) is 0 Å². The standard InChI is InChI=1S/C25H23FN4O4.C8H7NO/c26-15-11-20-24(27-12-15)33-13-22(31)30(20)17-7-5-16(6-8-17)28-14-29-10-9-19-23(29)18-3-1-2-4-21(18)34-25(19)32;1-4-8-7(9-5-1)3-2-6-10-8/h1-4,9-12,16-17,28H,5-8,13-14H2;1-5H,6H2. The van der Waals surface area contributed by atoms with Crippen molar-refractivity contribution in [3.63, 3.8) is 0 Å². The number of hydrogen-bond acceptors (Lipinski definition) is 8. The van der Waals surface area contributed by atoms with Gasteiger partial charge in [-0.05, 0) is 68.2 Å². The Labute approximate surface area is 251 Å². The van der Waals surface area contributed by atoms with Gasteiger partial charge in [0.25, 0.3) is 5.91 Å². The zero-order valence-electron chi connectivity index (χ0n) is 23.8. The van der Waals surface area contributed by atoms with Gasteiger partial charge in [-0.2, -0.15) is 0 Å². The van der Waals surface area contributed by atoms with E-state index in [-0.39, 0.29) is 30.2 Å². The minimum absolute atomic E-state index is 0.0159. The summed E-state index contributed by atoms with van der Waals surface area (Å²) in [5.41, 5.74) is 2.43. The van der Waals surface area contributed by atoms with Gasteiger partial charge in [-0.25, -0.2) is 14.2 Å². The first kappa shape index (κ1) is 27.8. The highest BCUT2D eigenvalue weighted by Gasteiger charge is 2.35. The van der Waals surface area contributed by atoms with Gasteiger partial charge in [0, 0.05) is 35.9 Å². The number of pyridine rings is 2. The van der Waals surface area contributed by atoms with E-state index in [1.54, 1.807) is 23.2 Å². The van der Waals surface area contributed by atoms with Crippen LogP contribution in [-0.2, 0) is 11.5 Å². The van der Waals surface area contributed by atoms with Gasteiger partial charge in [0.2, 0.25) is 5.88 Å². The lowest BCUT2D eigenvalue weighted by Crippen LogP contribution is -2.49. The molecule has 1 fully saturated rings. The number of anilines is 1. The summed E-state index contributed by atoms with van der Waals surface area (Å²) in [6, 6.07) is 14.7. The van der Waals surface area contributed by atoms with Crippen molar-refractivity contribution >= 4 is 39.5 Å². The van der Waals surface area contributed by atoms with E-state index < -0.39 is 5.82 Å². The van der Waals surface area contributed by atoms with Gasteiger partial charge in [-0.1, -0.05) is 12.1 Å². The Morgan fingerprint density at radius 1 is 0.977 bits per heavy atom. The molecule has 6 heterocycles. The van der Waals surface area contributed by atoms with E-state index in [1.165, 1.54) is 6.07 Å². The lowest BCUT2D eigenvalue weighted by molar-refractivity contribution is -0.122. The summed E-state index contributed by atoms with van der Waals surface area (Å²) < 4.78 is 31.9. The number of nitrogens with one attached hydrogen (secondary N) is 1. The lowest BCUT2D eigenvalue weighted by Gasteiger charge is -2.39. The molecule has 3 aliphatic rings. The van der Waals surface area contributed by atoms with Crippen molar-refractivity contribution in [3.05, 3.63) is 95.1 Å². The Kier molecular flexibility index (Phi) is 7.53. The second-order valence-electron chi connectivity index (χ2n) is 10.9. The molecule has 0 bridgehead atoms. The number of fused-ring (bicyclic) bond motifs is 5. The van der Waals surface area contributed by atoms with E-state index in [0.717, 1.165) is 54.2 Å². The molecule has 11 heteroatoms. The summed E-state index contributed by atoms with van der Waals surface area (Å²) in [5, 5.41) is 5.06. The molecule has 2 aliphatic heterocycles. The minimum atomic E-state index is -0.488. The average molecular weight is 596 g/mol. The van der Waals surface area contributed by atoms with E-state index in [4.69, 9.17) is 13.9 Å². The molecule has 1 aromatic carbocycles. The Hall–Kier alpha value is -5.03. The quantitative estimate of drug-likeness (QED) is 0.287. The molecule has 5 aromatic rings. The van der Waals surface area contributed by atoms with Crippen molar-refractivity contribution in [2.75, 3.05) is 18.1 Å². The van der Waals surface area contributed by atoms with Gasteiger partial charge in [0.15, 0.2) is 6.61 Å². The van der Waals surface area contributed by atoms with Gasteiger partial charge in [0.05, 0.1) is 23.8 Å². The van der Waals surface area contributed by atoms with Crippen LogP contribution in [0.25, 0.3) is 27.9 Å². The maximum absolute atomic E-state index is 13.8. The summed E-state index contributed by atoms with van der Waals surface area (Å²) in [4.78, 5) is 34.7. The summed E-state index contributed by atoms with van der Waals surface area (Å²) in [6.07, 6.45) is 12.0. The number of halogens is 1. The van der Waals surface area contributed by atoms with Crippen LogP contribution in [0, 0.1) is 5.82 Å². The van der Waals surface area contributed by atoms with Gasteiger partial charge < -0.3 is 23.4 Å². The SMILES string of the molecule is C1=Cc2ncccc2OC1.O=C1COc2ncc(F)cc2N1C1CCC(NCn2ccc3c(=O)oc4ccccc4c32)CC1. The van der Waals surface area contributed by atoms with Gasteiger partial charge in [-0.3, -0.25) is 15.1 Å². The molecule has 1 amide bonds. The Bertz CT molecular complexity index is 1930. The topological polar surface area (TPSA) is 112 Å². The highest BCUT2D eigenvalue weighted by molar-refractivity contribution is 6.02. The predicted octanol–water partition coefficient (Wildman–Crippen LogP) is 5.05. The fourth-order valence-electron chi connectivity index (χ4n) is 6.12. The third-order valence-electron chi connectivity index (χ3n) is 8.21. The summed E-state index contributed by atoms with van der Waals surface area (Å²) in [7, 11) is 0. The fraction of sp³-hybridized carbons (Fsp3) is 0.273. The summed E-state index contributed by atoms with van der Waals surface area (Å²) in [6.45, 7) is 1.14. The molecule has 1 aliphatic carbocycles. The molecular weight excluding hydrogens is 565 g/mol. The van der Waals surface area contributed by atoms with Crippen LogP contribution in [0.15, 0.2) is 82.4 Å². The van der Waals surface area contributed by atoms with E-state index >= 15 is 0 Å².